The van der Waals surface area contributed by atoms with Gasteiger partial charge in [0.05, 0.1) is 11.1 Å². The van der Waals surface area contributed by atoms with Crippen LogP contribution in [0.4, 0.5) is 0 Å². The van der Waals surface area contributed by atoms with Gasteiger partial charge in [0, 0.05) is 36.8 Å². The van der Waals surface area contributed by atoms with Crippen molar-refractivity contribution < 1.29 is 9.59 Å². The SMILES string of the molecule is CCCn1c(SCCN2C(=O)c3ccccc3C2=O)nnc1-c1ccncc1. The first-order valence-corrected chi connectivity index (χ1v) is 10.1. The number of rotatable bonds is 7. The Morgan fingerprint density at radius 1 is 0.929 bits per heavy atom. The van der Waals surface area contributed by atoms with Gasteiger partial charge in [0.15, 0.2) is 11.0 Å². The highest BCUT2D eigenvalue weighted by Crippen LogP contribution is 2.26. The largest absolute Gasteiger partial charge is 0.302 e. The van der Waals surface area contributed by atoms with E-state index in [1.807, 2.05) is 12.1 Å². The van der Waals surface area contributed by atoms with Crippen LogP contribution >= 0.6 is 11.8 Å². The molecule has 0 radical (unpaired) electrons. The molecule has 142 valence electrons. The fraction of sp³-hybridized carbons (Fsp3) is 0.250. The van der Waals surface area contributed by atoms with Crippen molar-refractivity contribution in [3.05, 3.63) is 59.9 Å². The minimum atomic E-state index is -0.228. The number of carbonyl (C=O) groups excluding carboxylic acids is 2. The maximum absolute atomic E-state index is 12.5. The molecule has 0 aliphatic carbocycles. The average molecular weight is 393 g/mol. The third-order valence-corrected chi connectivity index (χ3v) is 5.47. The maximum atomic E-state index is 12.5. The number of hydrogen-bond donors (Lipinski definition) is 0. The number of thioether (sulfide) groups is 1. The standard InChI is InChI=1S/C20H19N5O2S/c1-2-11-24-17(14-7-9-21-10-8-14)22-23-20(24)28-13-12-25-18(26)15-5-3-4-6-16(15)19(25)27/h3-10H,2,11-13H2,1H3. The van der Waals surface area contributed by atoms with Crippen LogP contribution in [0.25, 0.3) is 11.4 Å². The highest BCUT2D eigenvalue weighted by molar-refractivity contribution is 7.99. The molecular weight excluding hydrogens is 374 g/mol. The third kappa shape index (κ3) is 3.31. The highest BCUT2D eigenvalue weighted by atomic mass is 32.2. The summed E-state index contributed by atoms with van der Waals surface area (Å²) in [5.74, 6) is 0.902. The molecule has 1 aliphatic rings. The Hall–Kier alpha value is -3.00. The van der Waals surface area contributed by atoms with Crippen molar-refractivity contribution >= 4 is 23.6 Å². The Labute approximate surface area is 166 Å². The molecule has 28 heavy (non-hydrogen) atoms. The summed E-state index contributed by atoms with van der Waals surface area (Å²) in [7, 11) is 0. The number of amides is 2. The van der Waals surface area contributed by atoms with Crippen LogP contribution in [0.5, 0.6) is 0 Å². The van der Waals surface area contributed by atoms with Crippen molar-refractivity contribution in [1.29, 1.82) is 0 Å². The smallest absolute Gasteiger partial charge is 0.261 e. The topological polar surface area (TPSA) is 81.0 Å². The van der Waals surface area contributed by atoms with Gasteiger partial charge in [-0.3, -0.25) is 19.5 Å². The molecule has 8 heteroatoms. The summed E-state index contributed by atoms with van der Waals surface area (Å²) < 4.78 is 2.07. The summed E-state index contributed by atoms with van der Waals surface area (Å²) in [6, 6.07) is 10.8. The van der Waals surface area contributed by atoms with E-state index in [0.717, 1.165) is 29.5 Å². The Balaban J connectivity index is 1.47. The van der Waals surface area contributed by atoms with E-state index in [4.69, 9.17) is 0 Å². The molecule has 1 aliphatic heterocycles. The zero-order valence-electron chi connectivity index (χ0n) is 15.4. The van der Waals surface area contributed by atoms with Crippen LogP contribution in [0, 0.1) is 0 Å². The summed E-state index contributed by atoms with van der Waals surface area (Å²) in [4.78, 5) is 30.3. The molecule has 4 rings (SSSR count). The predicted octanol–water partition coefficient (Wildman–Crippen LogP) is 3.14. The number of fused-ring (bicyclic) bond motifs is 1. The molecule has 0 N–H and O–H groups in total. The van der Waals surface area contributed by atoms with Gasteiger partial charge in [0.1, 0.15) is 0 Å². The van der Waals surface area contributed by atoms with Crippen molar-refractivity contribution in [3.8, 4) is 11.4 Å². The van der Waals surface area contributed by atoms with Gasteiger partial charge in [-0.2, -0.15) is 0 Å². The zero-order chi connectivity index (χ0) is 19.5. The lowest BCUT2D eigenvalue weighted by Gasteiger charge is -2.13. The van der Waals surface area contributed by atoms with Crippen molar-refractivity contribution in [2.75, 3.05) is 12.3 Å². The molecule has 3 heterocycles. The Bertz CT molecular complexity index is 983. The number of nitrogens with zero attached hydrogens (tertiary/aromatic N) is 5. The molecule has 2 aromatic heterocycles. The van der Waals surface area contributed by atoms with Gasteiger partial charge < -0.3 is 4.57 Å². The van der Waals surface area contributed by atoms with Gasteiger partial charge in [-0.25, -0.2) is 0 Å². The number of pyridine rings is 1. The molecule has 2 amide bonds. The van der Waals surface area contributed by atoms with Crippen molar-refractivity contribution in [2.24, 2.45) is 0 Å². The van der Waals surface area contributed by atoms with Crippen LogP contribution in [-0.4, -0.2) is 48.8 Å². The molecular formula is C20H19N5O2S. The van der Waals surface area contributed by atoms with E-state index >= 15 is 0 Å². The van der Waals surface area contributed by atoms with E-state index in [1.165, 1.54) is 16.7 Å². The van der Waals surface area contributed by atoms with E-state index in [9.17, 15) is 9.59 Å². The average Bonchev–Trinajstić information content (AvgIpc) is 3.23. The highest BCUT2D eigenvalue weighted by Gasteiger charge is 2.34. The van der Waals surface area contributed by atoms with E-state index < -0.39 is 0 Å². The summed E-state index contributed by atoms with van der Waals surface area (Å²) in [5.41, 5.74) is 1.92. The molecule has 0 spiro atoms. The molecule has 1 aromatic carbocycles. The quantitative estimate of drug-likeness (QED) is 0.453. The monoisotopic (exact) mass is 393 g/mol. The summed E-state index contributed by atoms with van der Waals surface area (Å²) in [6.45, 7) is 3.23. The van der Waals surface area contributed by atoms with E-state index in [0.29, 0.717) is 23.4 Å². The van der Waals surface area contributed by atoms with Gasteiger partial charge in [0.2, 0.25) is 0 Å². The minimum absolute atomic E-state index is 0.228. The van der Waals surface area contributed by atoms with Crippen LogP contribution in [-0.2, 0) is 6.54 Å². The second-order valence-corrected chi connectivity index (χ2v) is 7.41. The fourth-order valence-electron chi connectivity index (χ4n) is 3.21. The third-order valence-electron chi connectivity index (χ3n) is 4.53. The minimum Gasteiger partial charge on any atom is -0.302 e. The molecule has 0 saturated carbocycles. The van der Waals surface area contributed by atoms with Crippen LogP contribution in [0.2, 0.25) is 0 Å². The molecule has 3 aromatic rings. The lowest BCUT2D eigenvalue weighted by molar-refractivity contribution is 0.0664. The molecule has 0 fully saturated rings. The van der Waals surface area contributed by atoms with Crippen LogP contribution in [0.15, 0.2) is 53.9 Å². The lowest BCUT2D eigenvalue weighted by Crippen LogP contribution is -2.31. The van der Waals surface area contributed by atoms with Crippen molar-refractivity contribution in [1.82, 2.24) is 24.6 Å². The van der Waals surface area contributed by atoms with E-state index in [2.05, 4.69) is 26.7 Å². The van der Waals surface area contributed by atoms with Crippen LogP contribution < -0.4 is 0 Å². The van der Waals surface area contributed by atoms with Gasteiger partial charge in [-0.15, -0.1) is 10.2 Å². The number of benzene rings is 1. The first-order chi connectivity index (χ1) is 13.7. The van der Waals surface area contributed by atoms with Crippen molar-refractivity contribution in [3.63, 3.8) is 0 Å². The molecule has 0 unspecified atom stereocenters. The van der Waals surface area contributed by atoms with E-state index in [1.54, 1.807) is 36.7 Å². The van der Waals surface area contributed by atoms with Gasteiger partial charge in [-0.05, 0) is 30.7 Å². The number of aromatic nitrogens is 4. The second kappa shape index (κ2) is 7.93. The zero-order valence-corrected chi connectivity index (χ0v) is 16.2. The normalized spacial score (nSPS) is 13.2. The Kier molecular flexibility index (Phi) is 5.21. The number of imide groups is 1. The van der Waals surface area contributed by atoms with Gasteiger partial charge >= 0.3 is 0 Å². The Morgan fingerprint density at radius 2 is 1.61 bits per heavy atom. The molecule has 0 saturated heterocycles. The first kappa shape index (κ1) is 18.4. The summed E-state index contributed by atoms with van der Waals surface area (Å²) in [6.07, 6.45) is 4.41. The number of hydrogen-bond acceptors (Lipinski definition) is 6. The van der Waals surface area contributed by atoms with E-state index in [-0.39, 0.29) is 11.8 Å². The summed E-state index contributed by atoms with van der Waals surface area (Å²) >= 11 is 1.50. The maximum Gasteiger partial charge on any atom is 0.261 e. The number of carbonyl (C=O) groups is 2. The van der Waals surface area contributed by atoms with Gasteiger partial charge in [0.25, 0.3) is 11.8 Å². The summed E-state index contributed by atoms with van der Waals surface area (Å²) in [5, 5.41) is 9.44. The predicted molar refractivity (Wildman–Crippen MR) is 106 cm³/mol. The van der Waals surface area contributed by atoms with Gasteiger partial charge in [-0.1, -0.05) is 30.8 Å². The molecule has 7 nitrogen and oxygen atoms in total. The van der Waals surface area contributed by atoms with Crippen molar-refractivity contribution in [2.45, 2.75) is 25.0 Å². The fourth-order valence-corrected chi connectivity index (χ4v) is 4.09. The van der Waals surface area contributed by atoms with Crippen LogP contribution in [0.1, 0.15) is 34.1 Å². The van der Waals surface area contributed by atoms with Crippen LogP contribution in [0.3, 0.4) is 0 Å². The lowest BCUT2D eigenvalue weighted by atomic mass is 10.1. The molecule has 0 atom stereocenters. The Morgan fingerprint density at radius 3 is 2.25 bits per heavy atom. The second-order valence-electron chi connectivity index (χ2n) is 6.35. The molecule has 0 bridgehead atoms. The first-order valence-electron chi connectivity index (χ1n) is 9.12.